The minimum atomic E-state index is -0.186. The zero-order chi connectivity index (χ0) is 14.5. The third-order valence-electron chi connectivity index (χ3n) is 3.31. The first kappa shape index (κ1) is 14.5. The summed E-state index contributed by atoms with van der Waals surface area (Å²) in [5, 5.41) is 5.69. The Hall–Kier alpha value is -1.88. The lowest BCUT2D eigenvalue weighted by molar-refractivity contribution is -0.144. The SMILES string of the molecule is CCOC(=O)CN(CC)Cc1nn(C)c2ccccc12. The first-order chi connectivity index (χ1) is 9.65. The molecule has 0 bridgehead atoms. The molecule has 108 valence electrons. The van der Waals surface area contributed by atoms with E-state index in [-0.39, 0.29) is 5.97 Å². The molecule has 2 aromatic rings. The van der Waals surface area contributed by atoms with E-state index in [1.165, 1.54) is 0 Å². The summed E-state index contributed by atoms with van der Waals surface area (Å²) in [6, 6.07) is 8.13. The average Bonchev–Trinajstić information content (AvgIpc) is 2.75. The van der Waals surface area contributed by atoms with Gasteiger partial charge in [0.05, 0.1) is 24.4 Å². The fraction of sp³-hybridized carbons (Fsp3) is 0.467. The lowest BCUT2D eigenvalue weighted by Crippen LogP contribution is -2.30. The van der Waals surface area contributed by atoms with Crippen molar-refractivity contribution in [2.75, 3.05) is 19.7 Å². The van der Waals surface area contributed by atoms with Crippen molar-refractivity contribution in [3.63, 3.8) is 0 Å². The summed E-state index contributed by atoms with van der Waals surface area (Å²) in [7, 11) is 1.94. The predicted molar refractivity (Wildman–Crippen MR) is 78.3 cm³/mol. The average molecular weight is 275 g/mol. The topological polar surface area (TPSA) is 47.4 Å². The highest BCUT2D eigenvalue weighted by atomic mass is 16.5. The Kier molecular flexibility index (Phi) is 4.74. The van der Waals surface area contributed by atoms with Gasteiger partial charge in [0.25, 0.3) is 0 Å². The number of aryl methyl sites for hydroxylation is 1. The molecular formula is C15H21N3O2. The van der Waals surface area contributed by atoms with E-state index in [1.54, 1.807) is 0 Å². The van der Waals surface area contributed by atoms with Crippen molar-refractivity contribution in [1.29, 1.82) is 0 Å². The number of hydrogen-bond acceptors (Lipinski definition) is 4. The van der Waals surface area contributed by atoms with Gasteiger partial charge in [-0.15, -0.1) is 0 Å². The molecule has 5 nitrogen and oxygen atoms in total. The summed E-state index contributed by atoms with van der Waals surface area (Å²) in [5.41, 5.74) is 2.10. The highest BCUT2D eigenvalue weighted by Gasteiger charge is 2.14. The van der Waals surface area contributed by atoms with Crippen LogP contribution in [-0.2, 0) is 23.1 Å². The highest BCUT2D eigenvalue weighted by Crippen LogP contribution is 2.18. The minimum absolute atomic E-state index is 0.186. The maximum absolute atomic E-state index is 11.6. The van der Waals surface area contributed by atoms with Gasteiger partial charge in [0.2, 0.25) is 0 Å². The van der Waals surface area contributed by atoms with E-state index in [0.717, 1.165) is 23.1 Å². The first-order valence-electron chi connectivity index (χ1n) is 6.94. The third kappa shape index (κ3) is 3.17. The van der Waals surface area contributed by atoms with Gasteiger partial charge in [-0.2, -0.15) is 5.10 Å². The van der Waals surface area contributed by atoms with Gasteiger partial charge in [-0.1, -0.05) is 25.1 Å². The normalized spacial score (nSPS) is 11.2. The van der Waals surface area contributed by atoms with Crippen molar-refractivity contribution in [2.45, 2.75) is 20.4 Å². The number of benzene rings is 1. The lowest BCUT2D eigenvalue weighted by atomic mass is 10.2. The van der Waals surface area contributed by atoms with Crippen LogP contribution in [0.25, 0.3) is 10.9 Å². The number of nitrogens with zero attached hydrogens (tertiary/aromatic N) is 3. The second kappa shape index (κ2) is 6.52. The number of fused-ring (bicyclic) bond motifs is 1. The molecule has 0 aliphatic heterocycles. The number of rotatable bonds is 6. The molecular weight excluding hydrogens is 254 g/mol. The zero-order valence-corrected chi connectivity index (χ0v) is 12.3. The molecule has 0 amide bonds. The Morgan fingerprint density at radius 3 is 2.80 bits per heavy atom. The number of likely N-dealkylation sites (N-methyl/N-ethyl adjacent to an activating group) is 1. The monoisotopic (exact) mass is 275 g/mol. The van der Waals surface area contributed by atoms with Crippen molar-refractivity contribution < 1.29 is 9.53 Å². The van der Waals surface area contributed by atoms with Gasteiger partial charge in [-0.25, -0.2) is 0 Å². The van der Waals surface area contributed by atoms with Gasteiger partial charge in [-0.05, 0) is 19.5 Å². The Morgan fingerprint density at radius 2 is 2.10 bits per heavy atom. The Bertz CT molecular complexity index is 592. The molecule has 0 aliphatic rings. The maximum Gasteiger partial charge on any atom is 0.320 e. The van der Waals surface area contributed by atoms with Gasteiger partial charge >= 0.3 is 5.97 Å². The van der Waals surface area contributed by atoms with Gasteiger partial charge in [-0.3, -0.25) is 14.4 Å². The quantitative estimate of drug-likeness (QED) is 0.756. The van der Waals surface area contributed by atoms with Crippen molar-refractivity contribution in [3.8, 4) is 0 Å². The van der Waals surface area contributed by atoms with Crippen LogP contribution in [0, 0.1) is 0 Å². The van der Waals surface area contributed by atoms with E-state index in [1.807, 2.05) is 48.7 Å². The predicted octanol–water partition coefficient (Wildman–Crippen LogP) is 1.96. The molecule has 0 saturated heterocycles. The molecule has 0 radical (unpaired) electrons. The van der Waals surface area contributed by atoms with Crippen molar-refractivity contribution in [1.82, 2.24) is 14.7 Å². The van der Waals surface area contributed by atoms with Crippen LogP contribution in [0.2, 0.25) is 0 Å². The summed E-state index contributed by atoms with van der Waals surface area (Å²) >= 11 is 0. The zero-order valence-electron chi connectivity index (χ0n) is 12.3. The fourth-order valence-corrected chi connectivity index (χ4v) is 2.29. The van der Waals surface area contributed by atoms with E-state index in [0.29, 0.717) is 19.7 Å². The number of carbonyl (C=O) groups is 1. The molecule has 2 rings (SSSR count). The van der Waals surface area contributed by atoms with Gasteiger partial charge in [0.15, 0.2) is 0 Å². The summed E-state index contributed by atoms with van der Waals surface area (Å²) < 4.78 is 6.88. The van der Waals surface area contributed by atoms with Crippen LogP contribution in [0.5, 0.6) is 0 Å². The Labute approximate surface area is 119 Å². The smallest absolute Gasteiger partial charge is 0.320 e. The molecule has 0 aliphatic carbocycles. The van der Waals surface area contributed by atoms with E-state index >= 15 is 0 Å². The number of aromatic nitrogens is 2. The van der Waals surface area contributed by atoms with Crippen LogP contribution < -0.4 is 0 Å². The van der Waals surface area contributed by atoms with E-state index in [4.69, 9.17) is 4.74 Å². The molecule has 0 atom stereocenters. The summed E-state index contributed by atoms with van der Waals surface area (Å²) in [6.45, 7) is 6.00. The molecule has 1 aromatic heterocycles. The number of para-hydroxylation sites is 1. The van der Waals surface area contributed by atoms with E-state index < -0.39 is 0 Å². The molecule has 0 spiro atoms. The van der Waals surface area contributed by atoms with Gasteiger partial charge in [0.1, 0.15) is 0 Å². The van der Waals surface area contributed by atoms with Crippen molar-refractivity contribution in [3.05, 3.63) is 30.0 Å². The molecule has 5 heteroatoms. The molecule has 0 saturated carbocycles. The van der Waals surface area contributed by atoms with Gasteiger partial charge < -0.3 is 4.74 Å². The maximum atomic E-state index is 11.6. The lowest BCUT2D eigenvalue weighted by Gasteiger charge is -2.18. The molecule has 0 N–H and O–H groups in total. The number of hydrogen-bond donors (Lipinski definition) is 0. The van der Waals surface area contributed by atoms with Crippen LogP contribution in [0.1, 0.15) is 19.5 Å². The molecule has 20 heavy (non-hydrogen) atoms. The Balaban J connectivity index is 2.15. The van der Waals surface area contributed by atoms with Gasteiger partial charge in [0, 0.05) is 19.0 Å². The summed E-state index contributed by atoms with van der Waals surface area (Å²) in [6.07, 6.45) is 0. The summed E-state index contributed by atoms with van der Waals surface area (Å²) in [5.74, 6) is -0.186. The number of carbonyl (C=O) groups excluding carboxylic acids is 1. The van der Waals surface area contributed by atoms with Crippen molar-refractivity contribution in [2.24, 2.45) is 7.05 Å². The van der Waals surface area contributed by atoms with Crippen LogP contribution in [0.3, 0.4) is 0 Å². The molecule has 0 unspecified atom stereocenters. The van der Waals surface area contributed by atoms with E-state index in [2.05, 4.69) is 11.2 Å². The number of ether oxygens (including phenoxy) is 1. The van der Waals surface area contributed by atoms with Crippen LogP contribution in [0.4, 0.5) is 0 Å². The second-order valence-corrected chi connectivity index (χ2v) is 4.70. The highest BCUT2D eigenvalue weighted by molar-refractivity contribution is 5.81. The van der Waals surface area contributed by atoms with Crippen LogP contribution >= 0.6 is 0 Å². The van der Waals surface area contributed by atoms with Crippen LogP contribution in [0.15, 0.2) is 24.3 Å². The van der Waals surface area contributed by atoms with Crippen LogP contribution in [-0.4, -0.2) is 40.3 Å². The largest absolute Gasteiger partial charge is 0.465 e. The third-order valence-corrected chi connectivity index (χ3v) is 3.31. The minimum Gasteiger partial charge on any atom is -0.465 e. The first-order valence-corrected chi connectivity index (χ1v) is 6.94. The molecule has 1 heterocycles. The van der Waals surface area contributed by atoms with Crippen molar-refractivity contribution >= 4 is 16.9 Å². The number of esters is 1. The summed E-state index contributed by atoms with van der Waals surface area (Å²) in [4.78, 5) is 13.6. The van der Waals surface area contributed by atoms with E-state index in [9.17, 15) is 4.79 Å². The second-order valence-electron chi connectivity index (χ2n) is 4.70. The molecule has 0 fully saturated rings. The Morgan fingerprint density at radius 1 is 1.35 bits per heavy atom. The fourth-order valence-electron chi connectivity index (χ4n) is 2.29. The standard InChI is InChI=1S/C15H21N3O2/c1-4-18(11-15(19)20-5-2)10-13-12-8-6-7-9-14(12)17(3)16-13/h6-9H,4-5,10-11H2,1-3H3. The molecule has 1 aromatic carbocycles.